The molecule has 100 valence electrons. The Bertz CT molecular complexity index is 636. The molecule has 2 N–H and O–H groups in total. The van der Waals surface area contributed by atoms with Crippen LogP contribution in [-0.2, 0) is 6.18 Å². The highest BCUT2D eigenvalue weighted by molar-refractivity contribution is 6.30. The van der Waals surface area contributed by atoms with Crippen LogP contribution in [0.3, 0.4) is 0 Å². The van der Waals surface area contributed by atoms with Gasteiger partial charge in [-0.15, -0.1) is 0 Å². The Kier molecular flexibility index (Phi) is 3.23. The van der Waals surface area contributed by atoms with Crippen molar-refractivity contribution in [2.45, 2.75) is 6.18 Å². The third-order valence-electron chi connectivity index (χ3n) is 2.38. The maximum absolute atomic E-state index is 12.9. The molecule has 0 atom stereocenters. The summed E-state index contributed by atoms with van der Waals surface area (Å²) in [6.07, 6.45) is -2.36. The molecule has 1 aromatic carbocycles. The summed E-state index contributed by atoms with van der Waals surface area (Å²) in [6.45, 7) is 0. The highest BCUT2D eigenvalue weighted by atomic mass is 35.5. The van der Waals surface area contributed by atoms with Crippen molar-refractivity contribution in [3.05, 3.63) is 47.0 Å². The lowest BCUT2D eigenvalue weighted by molar-refractivity contribution is -0.137. The van der Waals surface area contributed by atoms with Gasteiger partial charge in [-0.3, -0.25) is 4.79 Å². The number of imidazole rings is 1. The summed E-state index contributed by atoms with van der Waals surface area (Å²) in [7, 11) is 0. The number of aromatic nitrogens is 2. The van der Waals surface area contributed by atoms with Crippen LogP contribution in [0.4, 0.5) is 13.2 Å². The van der Waals surface area contributed by atoms with Gasteiger partial charge in [0.05, 0.1) is 11.3 Å². The van der Waals surface area contributed by atoms with Crippen molar-refractivity contribution in [3.8, 4) is 5.69 Å². The average molecular weight is 290 g/mol. The van der Waals surface area contributed by atoms with E-state index in [0.717, 1.165) is 23.2 Å². The van der Waals surface area contributed by atoms with Crippen LogP contribution < -0.4 is 5.73 Å². The molecule has 0 saturated carbocycles. The van der Waals surface area contributed by atoms with Crippen molar-refractivity contribution in [2.75, 3.05) is 0 Å². The summed E-state index contributed by atoms with van der Waals surface area (Å²) in [6, 6.07) is 3.31. The first-order valence-corrected chi connectivity index (χ1v) is 5.38. The molecule has 0 aliphatic rings. The number of carbonyl (C=O) groups excluding carboxylic acids is 1. The van der Waals surface area contributed by atoms with Crippen LogP contribution in [-0.4, -0.2) is 15.5 Å². The van der Waals surface area contributed by atoms with Crippen molar-refractivity contribution in [1.29, 1.82) is 0 Å². The molecule has 8 heteroatoms. The van der Waals surface area contributed by atoms with E-state index >= 15 is 0 Å². The number of benzene rings is 1. The summed E-state index contributed by atoms with van der Waals surface area (Å²) in [5, 5.41) is -0.0358. The molecule has 4 nitrogen and oxygen atoms in total. The number of nitrogens with zero attached hydrogens (tertiary/aromatic N) is 2. The van der Waals surface area contributed by atoms with E-state index < -0.39 is 17.6 Å². The SMILES string of the molecule is NC(=O)c1cn(-c2ccc(Cl)cc2C(F)(F)F)cn1. The second-order valence-electron chi connectivity index (χ2n) is 3.69. The Morgan fingerprint density at radius 2 is 2.05 bits per heavy atom. The fraction of sp³-hybridized carbons (Fsp3) is 0.0909. The lowest BCUT2D eigenvalue weighted by Crippen LogP contribution is -2.12. The minimum atomic E-state index is -4.57. The first-order valence-electron chi connectivity index (χ1n) is 5.00. The van der Waals surface area contributed by atoms with Crippen LogP contribution in [0, 0.1) is 0 Å². The molecular weight excluding hydrogens is 283 g/mol. The van der Waals surface area contributed by atoms with Crippen molar-refractivity contribution in [3.63, 3.8) is 0 Å². The molecular formula is C11H7ClF3N3O. The maximum atomic E-state index is 12.9. The minimum absolute atomic E-state index is 0.0358. The van der Waals surface area contributed by atoms with E-state index in [1.165, 1.54) is 12.1 Å². The topological polar surface area (TPSA) is 60.9 Å². The van der Waals surface area contributed by atoms with Crippen LogP contribution in [0.5, 0.6) is 0 Å². The van der Waals surface area contributed by atoms with Crippen molar-refractivity contribution in [2.24, 2.45) is 5.73 Å². The lowest BCUT2D eigenvalue weighted by atomic mass is 10.1. The molecule has 1 amide bonds. The van der Waals surface area contributed by atoms with E-state index in [1.807, 2.05) is 0 Å². The third kappa shape index (κ3) is 2.70. The van der Waals surface area contributed by atoms with Gasteiger partial charge in [-0.05, 0) is 18.2 Å². The van der Waals surface area contributed by atoms with E-state index in [4.69, 9.17) is 17.3 Å². The fourth-order valence-electron chi connectivity index (χ4n) is 1.54. The second kappa shape index (κ2) is 4.58. The zero-order valence-electron chi connectivity index (χ0n) is 9.28. The smallest absolute Gasteiger partial charge is 0.364 e. The minimum Gasteiger partial charge on any atom is -0.364 e. The number of alkyl halides is 3. The zero-order chi connectivity index (χ0) is 14.2. The quantitative estimate of drug-likeness (QED) is 0.924. The molecule has 19 heavy (non-hydrogen) atoms. The summed E-state index contributed by atoms with van der Waals surface area (Å²) >= 11 is 5.57. The van der Waals surface area contributed by atoms with Crippen LogP contribution in [0.15, 0.2) is 30.7 Å². The Labute approximate surface area is 110 Å². The standard InChI is InChI=1S/C11H7ClF3N3O/c12-6-1-2-9(7(3-6)11(13,14)15)18-4-8(10(16)19)17-5-18/h1-5H,(H2,16,19). The normalized spacial score (nSPS) is 11.6. The van der Waals surface area contributed by atoms with Gasteiger partial charge in [0.15, 0.2) is 0 Å². The van der Waals surface area contributed by atoms with Crippen LogP contribution in [0.25, 0.3) is 5.69 Å². The summed E-state index contributed by atoms with van der Waals surface area (Å²) < 4.78 is 39.8. The molecule has 0 aliphatic carbocycles. The van der Waals surface area contributed by atoms with Crippen molar-refractivity contribution in [1.82, 2.24) is 9.55 Å². The first-order chi connectivity index (χ1) is 8.79. The van der Waals surface area contributed by atoms with Gasteiger partial charge in [0.1, 0.15) is 12.0 Å². The largest absolute Gasteiger partial charge is 0.418 e. The van der Waals surface area contributed by atoms with Gasteiger partial charge in [0, 0.05) is 11.2 Å². The number of rotatable bonds is 2. The van der Waals surface area contributed by atoms with E-state index in [-0.39, 0.29) is 16.4 Å². The molecule has 2 rings (SSSR count). The monoisotopic (exact) mass is 289 g/mol. The van der Waals surface area contributed by atoms with Gasteiger partial charge in [-0.25, -0.2) is 4.98 Å². The number of primary amides is 1. The molecule has 0 fully saturated rings. The molecule has 0 bridgehead atoms. The van der Waals surface area contributed by atoms with Crippen LogP contribution in [0.1, 0.15) is 16.1 Å². The molecule has 1 heterocycles. The van der Waals surface area contributed by atoms with Crippen molar-refractivity contribution < 1.29 is 18.0 Å². The number of hydrogen-bond donors (Lipinski definition) is 1. The summed E-state index contributed by atoms with van der Waals surface area (Å²) in [4.78, 5) is 14.5. The van der Waals surface area contributed by atoms with Gasteiger partial charge in [0.25, 0.3) is 5.91 Å². The highest BCUT2D eigenvalue weighted by Crippen LogP contribution is 2.35. The molecule has 0 unspecified atom stereocenters. The summed E-state index contributed by atoms with van der Waals surface area (Å²) in [5.74, 6) is -0.818. The Morgan fingerprint density at radius 1 is 1.37 bits per heavy atom. The Hall–Kier alpha value is -2.02. The van der Waals surface area contributed by atoms with Gasteiger partial charge in [-0.2, -0.15) is 13.2 Å². The van der Waals surface area contributed by atoms with Crippen molar-refractivity contribution >= 4 is 17.5 Å². The molecule has 0 aliphatic heterocycles. The molecule has 2 aromatic rings. The molecule has 0 saturated heterocycles. The third-order valence-corrected chi connectivity index (χ3v) is 2.61. The summed E-state index contributed by atoms with van der Waals surface area (Å²) in [5.41, 5.74) is 3.77. The average Bonchev–Trinajstić information content (AvgIpc) is 2.77. The van der Waals surface area contributed by atoms with Gasteiger partial charge < -0.3 is 10.3 Å². The first kappa shape index (κ1) is 13.4. The van der Waals surface area contributed by atoms with Crippen LogP contribution >= 0.6 is 11.6 Å². The number of amides is 1. The van der Waals surface area contributed by atoms with E-state index in [9.17, 15) is 18.0 Å². The second-order valence-corrected chi connectivity index (χ2v) is 4.13. The molecule has 0 radical (unpaired) electrons. The lowest BCUT2D eigenvalue weighted by Gasteiger charge is -2.13. The highest BCUT2D eigenvalue weighted by Gasteiger charge is 2.34. The van der Waals surface area contributed by atoms with Gasteiger partial charge in [0.2, 0.25) is 0 Å². The number of hydrogen-bond acceptors (Lipinski definition) is 2. The zero-order valence-corrected chi connectivity index (χ0v) is 10.0. The van der Waals surface area contributed by atoms with E-state index in [2.05, 4.69) is 4.98 Å². The number of carbonyl (C=O) groups is 1. The Morgan fingerprint density at radius 3 is 2.58 bits per heavy atom. The maximum Gasteiger partial charge on any atom is 0.418 e. The van der Waals surface area contributed by atoms with Gasteiger partial charge >= 0.3 is 6.18 Å². The van der Waals surface area contributed by atoms with Gasteiger partial charge in [-0.1, -0.05) is 11.6 Å². The predicted molar refractivity (Wildman–Crippen MR) is 62.1 cm³/mol. The molecule has 1 aromatic heterocycles. The number of nitrogens with two attached hydrogens (primary N) is 1. The number of halogens is 4. The molecule has 0 spiro atoms. The Balaban J connectivity index is 2.58. The van der Waals surface area contributed by atoms with E-state index in [0.29, 0.717) is 0 Å². The van der Waals surface area contributed by atoms with Crippen LogP contribution in [0.2, 0.25) is 5.02 Å². The predicted octanol–water partition coefficient (Wildman–Crippen LogP) is 2.64. The fourth-order valence-corrected chi connectivity index (χ4v) is 1.71. The van der Waals surface area contributed by atoms with E-state index in [1.54, 1.807) is 0 Å².